The van der Waals surface area contributed by atoms with Gasteiger partial charge in [-0.05, 0) is 62.7 Å². The lowest BCUT2D eigenvalue weighted by Crippen LogP contribution is -2.40. The zero-order valence-electron chi connectivity index (χ0n) is 11.1. The van der Waals surface area contributed by atoms with E-state index in [0.717, 1.165) is 24.3 Å². The van der Waals surface area contributed by atoms with E-state index >= 15 is 0 Å². The summed E-state index contributed by atoms with van der Waals surface area (Å²) < 4.78 is 0. The van der Waals surface area contributed by atoms with Crippen molar-refractivity contribution in [3.63, 3.8) is 0 Å². The second kappa shape index (κ2) is 4.89. The lowest BCUT2D eigenvalue weighted by molar-refractivity contribution is 0.0280. The van der Waals surface area contributed by atoms with Crippen molar-refractivity contribution >= 4 is 0 Å². The van der Waals surface area contributed by atoms with Crippen molar-refractivity contribution in [3.8, 4) is 0 Å². The Morgan fingerprint density at radius 3 is 2.41 bits per heavy atom. The molecule has 0 radical (unpaired) electrons. The second-order valence-electron chi connectivity index (χ2n) is 6.87. The first-order chi connectivity index (χ1) is 8.22. The van der Waals surface area contributed by atoms with Crippen LogP contribution in [-0.4, -0.2) is 35.2 Å². The van der Waals surface area contributed by atoms with Gasteiger partial charge in [0.25, 0.3) is 0 Å². The molecule has 0 aromatic heterocycles. The van der Waals surface area contributed by atoms with Crippen molar-refractivity contribution in [1.29, 1.82) is 0 Å². The highest BCUT2D eigenvalue weighted by atomic mass is 16.3. The third-order valence-corrected chi connectivity index (χ3v) is 4.93. The van der Waals surface area contributed by atoms with Crippen molar-refractivity contribution in [2.45, 2.75) is 64.0 Å². The smallest absolute Gasteiger partial charge is 0.0580 e. The number of aliphatic hydroxyl groups excluding tert-OH is 1. The Bertz CT molecular complexity index is 258. The zero-order valence-corrected chi connectivity index (χ0v) is 11.1. The van der Waals surface area contributed by atoms with Gasteiger partial charge in [-0.3, -0.25) is 4.90 Å². The predicted octanol–water partition coefficient (Wildman–Crippen LogP) is 2.66. The quantitative estimate of drug-likeness (QED) is 0.794. The van der Waals surface area contributed by atoms with Gasteiger partial charge >= 0.3 is 0 Å². The van der Waals surface area contributed by atoms with E-state index in [4.69, 9.17) is 0 Å². The van der Waals surface area contributed by atoms with E-state index in [2.05, 4.69) is 11.8 Å². The zero-order chi connectivity index (χ0) is 11.8. The van der Waals surface area contributed by atoms with Crippen molar-refractivity contribution in [3.05, 3.63) is 0 Å². The molecule has 0 saturated heterocycles. The fraction of sp³-hybridized carbons (Fsp3) is 1.00. The molecule has 3 atom stereocenters. The fourth-order valence-corrected chi connectivity index (χ4v) is 3.42. The van der Waals surface area contributed by atoms with Crippen LogP contribution in [0.25, 0.3) is 0 Å². The van der Waals surface area contributed by atoms with E-state index in [0.29, 0.717) is 5.92 Å². The van der Waals surface area contributed by atoms with Gasteiger partial charge in [-0.15, -0.1) is 0 Å². The van der Waals surface area contributed by atoms with E-state index in [9.17, 15) is 5.11 Å². The van der Waals surface area contributed by atoms with Gasteiger partial charge in [0, 0.05) is 19.1 Å². The summed E-state index contributed by atoms with van der Waals surface area (Å²) in [6, 6.07) is 0.875. The first-order valence-electron chi connectivity index (χ1n) is 7.64. The molecule has 3 aliphatic rings. The first-order valence-corrected chi connectivity index (χ1v) is 7.64. The van der Waals surface area contributed by atoms with Gasteiger partial charge in [0.05, 0.1) is 6.10 Å². The Labute approximate surface area is 105 Å². The lowest BCUT2D eigenvalue weighted by Gasteiger charge is -2.35. The van der Waals surface area contributed by atoms with Crippen LogP contribution in [0.3, 0.4) is 0 Å². The molecule has 3 saturated carbocycles. The predicted molar refractivity (Wildman–Crippen MR) is 69.8 cm³/mol. The van der Waals surface area contributed by atoms with Crippen LogP contribution in [0.5, 0.6) is 0 Å². The van der Waals surface area contributed by atoms with Crippen molar-refractivity contribution in [2.24, 2.45) is 17.8 Å². The lowest BCUT2D eigenvalue weighted by atomic mass is 9.80. The molecule has 0 bridgehead atoms. The molecule has 3 rings (SSSR count). The summed E-state index contributed by atoms with van der Waals surface area (Å²) >= 11 is 0. The summed E-state index contributed by atoms with van der Waals surface area (Å²) in [5.74, 6) is 2.37. The van der Waals surface area contributed by atoms with E-state index in [1.54, 1.807) is 0 Å². The third-order valence-electron chi connectivity index (χ3n) is 4.93. The van der Waals surface area contributed by atoms with Gasteiger partial charge in [0.2, 0.25) is 0 Å². The average molecular weight is 237 g/mol. The van der Waals surface area contributed by atoms with Crippen LogP contribution in [-0.2, 0) is 0 Å². The molecule has 0 amide bonds. The average Bonchev–Trinajstić information content (AvgIpc) is 3.14. The van der Waals surface area contributed by atoms with Crippen LogP contribution in [0.15, 0.2) is 0 Å². The van der Waals surface area contributed by atoms with Gasteiger partial charge in [-0.1, -0.05) is 6.92 Å². The van der Waals surface area contributed by atoms with Crippen LogP contribution in [0, 0.1) is 17.8 Å². The molecule has 0 aromatic carbocycles. The Morgan fingerprint density at radius 2 is 1.76 bits per heavy atom. The maximum absolute atomic E-state index is 10.2. The number of hydrogen-bond acceptors (Lipinski definition) is 2. The molecular weight excluding hydrogens is 210 g/mol. The summed E-state index contributed by atoms with van der Waals surface area (Å²) in [6.07, 6.45) is 9.20. The van der Waals surface area contributed by atoms with Crippen LogP contribution < -0.4 is 0 Å². The van der Waals surface area contributed by atoms with Crippen LogP contribution in [0.4, 0.5) is 0 Å². The number of rotatable bonds is 5. The van der Waals surface area contributed by atoms with Gasteiger partial charge in [-0.2, -0.15) is 0 Å². The molecule has 3 fully saturated rings. The van der Waals surface area contributed by atoms with E-state index < -0.39 is 0 Å². The standard InChI is InChI=1S/C15H27NO/c1-11-2-7-15(17)13(8-11)10-16(14-5-6-14)9-12-3-4-12/h11-15,17H,2-10H2,1H3. The number of nitrogens with zero attached hydrogens (tertiary/aromatic N) is 1. The minimum Gasteiger partial charge on any atom is -0.393 e. The first kappa shape index (κ1) is 12.0. The minimum atomic E-state index is -0.0216. The summed E-state index contributed by atoms with van der Waals surface area (Å²) in [6.45, 7) is 4.84. The minimum absolute atomic E-state index is 0.0216. The second-order valence-corrected chi connectivity index (χ2v) is 6.87. The van der Waals surface area contributed by atoms with Gasteiger partial charge in [-0.25, -0.2) is 0 Å². The van der Waals surface area contributed by atoms with E-state index in [1.165, 1.54) is 51.6 Å². The molecule has 3 unspecified atom stereocenters. The monoisotopic (exact) mass is 237 g/mol. The Kier molecular flexibility index (Phi) is 3.45. The summed E-state index contributed by atoms with van der Waals surface area (Å²) in [4.78, 5) is 2.71. The maximum atomic E-state index is 10.2. The molecule has 17 heavy (non-hydrogen) atoms. The summed E-state index contributed by atoms with van der Waals surface area (Å²) in [5.41, 5.74) is 0. The highest BCUT2D eigenvalue weighted by Gasteiger charge is 2.37. The largest absolute Gasteiger partial charge is 0.393 e. The highest BCUT2D eigenvalue weighted by molar-refractivity contribution is 4.91. The van der Waals surface area contributed by atoms with Crippen molar-refractivity contribution < 1.29 is 5.11 Å². The van der Waals surface area contributed by atoms with Crippen LogP contribution in [0.2, 0.25) is 0 Å². The van der Waals surface area contributed by atoms with Gasteiger partial charge in [0.1, 0.15) is 0 Å². The molecular formula is C15H27NO. The van der Waals surface area contributed by atoms with E-state index in [1.807, 2.05) is 0 Å². The Morgan fingerprint density at radius 1 is 1.00 bits per heavy atom. The summed E-state index contributed by atoms with van der Waals surface area (Å²) in [5, 5.41) is 10.2. The van der Waals surface area contributed by atoms with Crippen molar-refractivity contribution in [2.75, 3.05) is 13.1 Å². The molecule has 98 valence electrons. The number of hydrogen-bond donors (Lipinski definition) is 1. The third kappa shape index (κ3) is 3.23. The fourth-order valence-electron chi connectivity index (χ4n) is 3.42. The molecule has 0 spiro atoms. The molecule has 2 nitrogen and oxygen atoms in total. The Hall–Kier alpha value is -0.0800. The number of aliphatic hydroxyl groups is 1. The SMILES string of the molecule is CC1CCC(O)C(CN(CC2CC2)C2CC2)C1. The highest BCUT2D eigenvalue weighted by Crippen LogP contribution is 2.37. The van der Waals surface area contributed by atoms with Crippen LogP contribution in [0.1, 0.15) is 51.9 Å². The van der Waals surface area contributed by atoms with Gasteiger partial charge < -0.3 is 5.11 Å². The molecule has 0 heterocycles. The molecule has 0 aliphatic heterocycles. The van der Waals surface area contributed by atoms with Crippen LogP contribution >= 0.6 is 0 Å². The molecule has 0 aromatic rings. The maximum Gasteiger partial charge on any atom is 0.0580 e. The normalized spacial score (nSPS) is 38.6. The molecule has 2 heteroatoms. The summed E-state index contributed by atoms with van der Waals surface area (Å²) in [7, 11) is 0. The van der Waals surface area contributed by atoms with E-state index in [-0.39, 0.29) is 6.10 Å². The molecule has 3 aliphatic carbocycles. The van der Waals surface area contributed by atoms with Gasteiger partial charge in [0.15, 0.2) is 0 Å². The topological polar surface area (TPSA) is 23.5 Å². The molecule has 1 N–H and O–H groups in total. The van der Waals surface area contributed by atoms with Crippen molar-refractivity contribution in [1.82, 2.24) is 4.90 Å². The Balaban J connectivity index is 1.54.